The van der Waals surface area contributed by atoms with Crippen LogP contribution in [-0.4, -0.2) is 24.6 Å². The average Bonchev–Trinajstić information content (AvgIpc) is 2.19. The third-order valence-electron chi connectivity index (χ3n) is 1.84. The number of nitrogens with one attached hydrogen (secondary N) is 1. The Labute approximate surface area is 83.3 Å². The summed E-state index contributed by atoms with van der Waals surface area (Å²) >= 11 is 0. The molecule has 1 atom stereocenters. The molecule has 4 heteroatoms. The molecule has 0 aliphatic rings. The van der Waals surface area contributed by atoms with Crippen molar-refractivity contribution in [2.75, 3.05) is 13.7 Å². The van der Waals surface area contributed by atoms with Gasteiger partial charge in [0.25, 0.3) is 0 Å². The molecule has 0 aliphatic carbocycles. The van der Waals surface area contributed by atoms with Crippen LogP contribution in [0.2, 0.25) is 0 Å². The van der Waals surface area contributed by atoms with Crippen molar-refractivity contribution in [1.82, 2.24) is 10.3 Å². The molecule has 1 aromatic rings. The first-order chi connectivity index (χ1) is 6.74. The van der Waals surface area contributed by atoms with E-state index in [0.29, 0.717) is 0 Å². The Morgan fingerprint density at radius 1 is 1.71 bits per heavy atom. The third kappa shape index (κ3) is 3.14. The number of aromatic nitrogens is 1. The van der Waals surface area contributed by atoms with Crippen LogP contribution in [0.1, 0.15) is 18.5 Å². The number of carbonyl (C=O) groups excluding carboxylic acids is 1. The summed E-state index contributed by atoms with van der Waals surface area (Å²) in [5, 5.41) is 2.79. The van der Waals surface area contributed by atoms with Gasteiger partial charge in [-0.2, -0.15) is 0 Å². The maximum absolute atomic E-state index is 11.2. The highest BCUT2D eigenvalue weighted by molar-refractivity contribution is 5.77. The zero-order chi connectivity index (χ0) is 10.4. The van der Waals surface area contributed by atoms with Gasteiger partial charge in [0, 0.05) is 19.5 Å². The second kappa shape index (κ2) is 5.34. The summed E-state index contributed by atoms with van der Waals surface area (Å²) in [5.74, 6) is -0.121. The quantitative estimate of drug-likeness (QED) is 0.775. The lowest BCUT2D eigenvalue weighted by Gasteiger charge is -2.13. The van der Waals surface area contributed by atoms with Crippen molar-refractivity contribution in [2.24, 2.45) is 0 Å². The van der Waals surface area contributed by atoms with Crippen molar-refractivity contribution in [1.29, 1.82) is 0 Å². The minimum absolute atomic E-state index is 0.0358. The van der Waals surface area contributed by atoms with Gasteiger partial charge in [0.05, 0.1) is 6.04 Å². The highest BCUT2D eigenvalue weighted by Gasteiger charge is 2.08. The Kier molecular flexibility index (Phi) is 4.07. The number of carbonyl (C=O) groups is 1. The van der Waals surface area contributed by atoms with E-state index in [1.807, 2.05) is 19.1 Å². The third-order valence-corrected chi connectivity index (χ3v) is 1.84. The molecule has 1 N–H and O–H groups in total. The summed E-state index contributed by atoms with van der Waals surface area (Å²) in [5.41, 5.74) is 0.983. The number of nitrogens with zero attached hydrogens (tertiary/aromatic N) is 1. The van der Waals surface area contributed by atoms with Crippen LogP contribution in [0, 0.1) is 0 Å². The molecule has 1 heterocycles. The van der Waals surface area contributed by atoms with Crippen LogP contribution in [0.3, 0.4) is 0 Å². The molecule has 0 saturated carbocycles. The normalized spacial score (nSPS) is 12.1. The molecule has 0 radical (unpaired) electrons. The summed E-state index contributed by atoms with van der Waals surface area (Å²) in [6.07, 6.45) is 3.44. The van der Waals surface area contributed by atoms with Gasteiger partial charge >= 0.3 is 0 Å². The fourth-order valence-electron chi connectivity index (χ4n) is 1.13. The van der Waals surface area contributed by atoms with Crippen LogP contribution in [0.5, 0.6) is 0 Å². The van der Waals surface area contributed by atoms with E-state index in [0.717, 1.165) is 5.56 Å². The van der Waals surface area contributed by atoms with Crippen molar-refractivity contribution in [3.05, 3.63) is 30.1 Å². The molecule has 14 heavy (non-hydrogen) atoms. The summed E-state index contributed by atoms with van der Waals surface area (Å²) < 4.78 is 4.71. The molecule has 0 bridgehead atoms. The Morgan fingerprint density at radius 2 is 2.50 bits per heavy atom. The summed E-state index contributed by atoms with van der Waals surface area (Å²) in [7, 11) is 1.49. The lowest BCUT2D eigenvalue weighted by atomic mass is 10.1. The maximum Gasteiger partial charge on any atom is 0.246 e. The summed E-state index contributed by atoms with van der Waals surface area (Å²) in [6.45, 7) is 2.00. The molecule has 0 saturated heterocycles. The highest BCUT2D eigenvalue weighted by Crippen LogP contribution is 2.08. The van der Waals surface area contributed by atoms with Gasteiger partial charge < -0.3 is 10.1 Å². The zero-order valence-corrected chi connectivity index (χ0v) is 8.36. The monoisotopic (exact) mass is 194 g/mol. The van der Waals surface area contributed by atoms with E-state index in [-0.39, 0.29) is 18.6 Å². The smallest absolute Gasteiger partial charge is 0.246 e. The topological polar surface area (TPSA) is 51.2 Å². The molecule has 1 amide bonds. The SMILES string of the molecule is COCC(=O)NC(C)c1cccnc1. The van der Waals surface area contributed by atoms with Crippen LogP contribution < -0.4 is 5.32 Å². The van der Waals surface area contributed by atoms with Gasteiger partial charge in [-0.3, -0.25) is 9.78 Å². The van der Waals surface area contributed by atoms with E-state index >= 15 is 0 Å². The number of ether oxygens (including phenoxy) is 1. The Balaban J connectivity index is 2.50. The van der Waals surface area contributed by atoms with E-state index in [2.05, 4.69) is 10.3 Å². The van der Waals surface area contributed by atoms with E-state index in [9.17, 15) is 4.79 Å². The highest BCUT2D eigenvalue weighted by atomic mass is 16.5. The maximum atomic E-state index is 11.2. The summed E-state index contributed by atoms with van der Waals surface area (Å²) in [4.78, 5) is 15.1. The standard InChI is InChI=1S/C10H14N2O2/c1-8(12-10(13)7-14-2)9-4-3-5-11-6-9/h3-6,8H,7H2,1-2H3,(H,12,13). The molecular formula is C10H14N2O2. The fraction of sp³-hybridized carbons (Fsp3) is 0.400. The summed E-state index contributed by atoms with van der Waals surface area (Å²) in [6, 6.07) is 3.73. The molecule has 1 unspecified atom stereocenters. The first kappa shape index (κ1) is 10.7. The van der Waals surface area contributed by atoms with Gasteiger partial charge in [0.15, 0.2) is 0 Å². The fourth-order valence-corrected chi connectivity index (χ4v) is 1.13. The van der Waals surface area contributed by atoms with Gasteiger partial charge in [0.2, 0.25) is 5.91 Å². The Morgan fingerprint density at radius 3 is 3.07 bits per heavy atom. The van der Waals surface area contributed by atoms with Crippen molar-refractivity contribution in [3.8, 4) is 0 Å². The molecule has 76 valence electrons. The number of hydrogen-bond donors (Lipinski definition) is 1. The van der Waals surface area contributed by atoms with E-state index < -0.39 is 0 Å². The molecule has 0 spiro atoms. The second-order valence-corrected chi connectivity index (χ2v) is 3.01. The van der Waals surface area contributed by atoms with Crippen LogP contribution in [-0.2, 0) is 9.53 Å². The van der Waals surface area contributed by atoms with Gasteiger partial charge in [-0.05, 0) is 18.6 Å². The first-order valence-electron chi connectivity index (χ1n) is 4.42. The zero-order valence-electron chi connectivity index (χ0n) is 8.36. The van der Waals surface area contributed by atoms with Crippen LogP contribution >= 0.6 is 0 Å². The van der Waals surface area contributed by atoms with Crippen molar-refractivity contribution in [3.63, 3.8) is 0 Å². The van der Waals surface area contributed by atoms with Crippen LogP contribution in [0.15, 0.2) is 24.5 Å². The minimum Gasteiger partial charge on any atom is -0.375 e. The molecule has 0 fully saturated rings. The van der Waals surface area contributed by atoms with Crippen LogP contribution in [0.25, 0.3) is 0 Å². The van der Waals surface area contributed by atoms with Gasteiger partial charge in [-0.25, -0.2) is 0 Å². The molecule has 1 aromatic heterocycles. The van der Waals surface area contributed by atoms with E-state index in [1.165, 1.54) is 7.11 Å². The van der Waals surface area contributed by atoms with Gasteiger partial charge in [0.1, 0.15) is 6.61 Å². The van der Waals surface area contributed by atoms with Gasteiger partial charge in [-0.15, -0.1) is 0 Å². The molecule has 1 rings (SSSR count). The molecule has 0 aliphatic heterocycles. The number of rotatable bonds is 4. The van der Waals surface area contributed by atoms with Crippen molar-refractivity contribution in [2.45, 2.75) is 13.0 Å². The molecule has 0 aromatic carbocycles. The average molecular weight is 194 g/mol. The predicted octanol–water partition coefficient (Wildman–Crippen LogP) is 0.905. The number of hydrogen-bond acceptors (Lipinski definition) is 3. The van der Waals surface area contributed by atoms with E-state index in [1.54, 1.807) is 12.4 Å². The molecule has 4 nitrogen and oxygen atoms in total. The van der Waals surface area contributed by atoms with Crippen LogP contribution in [0.4, 0.5) is 0 Å². The number of pyridine rings is 1. The number of methoxy groups -OCH3 is 1. The lowest BCUT2D eigenvalue weighted by molar-refractivity contribution is -0.125. The number of amides is 1. The lowest BCUT2D eigenvalue weighted by Crippen LogP contribution is -2.29. The Hall–Kier alpha value is -1.42. The predicted molar refractivity (Wildman–Crippen MR) is 52.7 cm³/mol. The first-order valence-corrected chi connectivity index (χ1v) is 4.42. The second-order valence-electron chi connectivity index (χ2n) is 3.01. The molecular weight excluding hydrogens is 180 g/mol. The van der Waals surface area contributed by atoms with E-state index in [4.69, 9.17) is 4.74 Å². The van der Waals surface area contributed by atoms with Crippen molar-refractivity contribution < 1.29 is 9.53 Å². The van der Waals surface area contributed by atoms with Crippen molar-refractivity contribution >= 4 is 5.91 Å². The minimum atomic E-state index is -0.121. The largest absolute Gasteiger partial charge is 0.375 e. The Bertz CT molecular complexity index is 287. The van der Waals surface area contributed by atoms with Gasteiger partial charge in [-0.1, -0.05) is 6.07 Å².